The predicted octanol–water partition coefficient (Wildman–Crippen LogP) is 3.19. The molecule has 0 unspecified atom stereocenters. The molecule has 2 rings (SSSR count). The normalized spacial score (nSPS) is 17.6. The summed E-state index contributed by atoms with van der Waals surface area (Å²) < 4.78 is 0. The molecule has 1 N–H and O–H groups in total. The summed E-state index contributed by atoms with van der Waals surface area (Å²) in [7, 11) is 0. The van der Waals surface area contributed by atoms with E-state index in [1.807, 2.05) is 18.7 Å². The van der Waals surface area contributed by atoms with Gasteiger partial charge in [-0.1, -0.05) is 33.6 Å². The number of carbonyl (C=O) groups is 3. The van der Waals surface area contributed by atoms with Crippen LogP contribution in [0, 0.1) is 5.92 Å². The predicted molar refractivity (Wildman–Crippen MR) is 101 cm³/mol. The average Bonchev–Trinajstić information content (AvgIpc) is 2.94. The van der Waals surface area contributed by atoms with Crippen molar-refractivity contribution in [3.05, 3.63) is 12.2 Å². The fourth-order valence-corrected chi connectivity index (χ4v) is 2.92. The lowest BCUT2D eigenvalue weighted by Crippen LogP contribution is -2.44. The first-order valence-electron chi connectivity index (χ1n) is 9.64. The molecule has 0 bridgehead atoms. The number of carbonyl (C=O) groups excluding carboxylic acids is 3. The van der Waals surface area contributed by atoms with Gasteiger partial charge in [-0.2, -0.15) is 0 Å². The zero-order chi connectivity index (χ0) is 18.7. The topological polar surface area (TPSA) is 69.7 Å². The van der Waals surface area contributed by atoms with Crippen LogP contribution >= 0.6 is 0 Å². The van der Waals surface area contributed by atoms with Crippen LogP contribution in [-0.2, 0) is 9.59 Å². The summed E-state index contributed by atoms with van der Waals surface area (Å²) in [6, 6.07) is 0.0521. The third-order valence-electron chi connectivity index (χ3n) is 4.56. The van der Waals surface area contributed by atoms with Crippen molar-refractivity contribution < 1.29 is 15.8 Å². The van der Waals surface area contributed by atoms with Crippen molar-refractivity contribution in [1.29, 1.82) is 0 Å². The van der Waals surface area contributed by atoms with Crippen LogP contribution in [0.15, 0.2) is 12.2 Å². The second-order valence-corrected chi connectivity index (χ2v) is 6.48. The van der Waals surface area contributed by atoms with E-state index in [0.717, 1.165) is 57.5 Å². The van der Waals surface area contributed by atoms with Crippen molar-refractivity contribution >= 4 is 17.8 Å². The maximum absolute atomic E-state index is 12.0. The summed E-state index contributed by atoms with van der Waals surface area (Å²) in [5, 5.41) is 2.97. The van der Waals surface area contributed by atoms with Crippen LogP contribution in [-0.4, -0.2) is 53.8 Å². The average molecular weight is 354 g/mol. The number of unbranched alkanes of at least 4 members (excludes halogenated alkanes) is 3. The van der Waals surface area contributed by atoms with Crippen molar-refractivity contribution in [2.24, 2.45) is 5.92 Å². The van der Waals surface area contributed by atoms with Crippen LogP contribution in [0.4, 0.5) is 4.79 Å². The van der Waals surface area contributed by atoms with Crippen molar-refractivity contribution in [2.75, 3.05) is 26.2 Å². The van der Waals surface area contributed by atoms with E-state index in [1.54, 1.807) is 0 Å². The zero-order valence-electron chi connectivity index (χ0n) is 15.9. The molecule has 0 aliphatic carbocycles. The van der Waals surface area contributed by atoms with Gasteiger partial charge in [0.1, 0.15) is 0 Å². The van der Waals surface area contributed by atoms with Crippen LogP contribution < -0.4 is 5.32 Å². The Hall–Kier alpha value is -1.85. The number of nitrogens with one attached hydrogen (secondary N) is 1. The van der Waals surface area contributed by atoms with Gasteiger partial charge in [-0.05, 0) is 31.6 Å². The maximum Gasteiger partial charge on any atom is 0.317 e. The molecule has 0 aromatic heterocycles. The van der Waals surface area contributed by atoms with Gasteiger partial charge in [-0.3, -0.25) is 14.5 Å². The second-order valence-electron chi connectivity index (χ2n) is 6.48. The molecule has 4 amide bonds. The SMILES string of the molecule is CC.CC1CCN(C(=O)NCCCCCCN2C(=O)C=CC2=O)CC1.[HH]. The van der Waals surface area contributed by atoms with E-state index in [0.29, 0.717) is 13.1 Å². The van der Waals surface area contributed by atoms with Crippen LogP contribution in [0.2, 0.25) is 0 Å². The molecule has 0 aromatic rings. The number of urea groups is 1. The second kappa shape index (κ2) is 11.7. The minimum atomic E-state index is -0.210. The van der Waals surface area contributed by atoms with E-state index in [-0.39, 0.29) is 19.3 Å². The first-order valence-corrected chi connectivity index (χ1v) is 9.64. The zero-order valence-corrected chi connectivity index (χ0v) is 15.9. The lowest BCUT2D eigenvalue weighted by atomic mass is 10.00. The number of hydrogen-bond donors (Lipinski definition) is 1. The number of hydrogen-bond acceptors (Lipinski definition) is 3. The molecule has 6 heteroatoms. The quantitative estimate of drug-likeness (QED) is 0.564. The molecule has 0 saturated carbocycles. The summed E-state index contributed by atoms with van der Waals surface area (Å²) in [6.45, 7) is 9.13. The monoisotopic (exact) mass is 353 g/mol. The van der Waals surface area contributed by atoms with Crippen LogP contribution in [0.1, 0.15) is 60.7 Å². The van der Waals surface area contributed by atoms with Crippen molar-refractivity contribution in [1.82, 2.24) is 15.1 Å². The van der Waals surface area contributed by atoms with Gasteiger partial charge in [0.15, 0.2) is 0 Å². The number of nitrogens with zero attached hydrogens (tertiary/aromatic N) is 2. The van der Waals surface area contributed by atoms with E-state index in [4.69, 9.17) is 0 Å². The molecule has 6 nitrogen and oxygen atoms in total. The Kier molecular flexibility index (Phi) is 9.88. The van der Waals surface area contributed by atoms with Gasteiger partial charge in [0.05, 0.1) is 0 Å². The van der Waals surface area contributed by atoms with E-state index < -0.39 is 0 Å². The molecule has 25 heavy (non-hydrogen) atoms. The van der Waals surface area contributed by atoms with E-state index in [9.17, 15) is 14.4 Å². The minimum absolute atomic E-state index is 0. The number of amides is 4. The first-order chi connectivity index (χ1) is 12.1. The summed E-state index contributed by atoms with van der Waals surface area (Å²) in [4.78, 5) is 37.9. The highest BCUT2D eigenvalue weighted by Crippen LogP contribution is 2.15. The molecule has 2 heterocycles. The van der Waals surface area contributed by atoms with Gasteiger partial charge in [-0.15, -0.1) is 0 Å². The number of likely N-dealkylation sites (tertiary alicyclic amines) is 1. The van der Waals surface area contributed by atoms with Crippen molar-refractivity contribution in [2.45, 2.75) is 59.3 Å². The fourth-order valence-electron chi connectivity index (χ4n) is 2.92. The summed E-state index contributed by atoms with van der Waals surface area (Å²) in [6.07, 6.45) is 8.51. The van der Waals surface area contributed by atoms with Gasteiger partial charge in [0.2, 0.25) is 0 Å². The largest absolute Gasteiger partial charge is 0.338 e. The number of rotatable bonds is 7. The molecule has 0 spiro atoms. The Balaban J connectivity index is 0.00000201. The fraction of sp³-hybridized carbons (Fsp3) is 0.737. The molecular formula is C19H35N3O3. The number of piperidine rings is 1. The Bertz CT molecular complexity index is 457. The molecule has 2 aliphatic rings. The molecule has 0 atom stereocenters. The van der Waals surface area contributed by atoms with Crippen molar-refractivity contribution in [3.63, 3.8) is 0 Å². The van der Waals surface area contributed by atoms with Gasteiger partial charge in [0, 0.05) is 39.8 Å². The highest BCUT2D eigenvalue weighted by molar-refractivity contribution is 6.12. The van der Waals surface area contributed by atoms with E-state index in [1.165, 1.54) is 17.1 Å². The molecule has 2 aliphatic heterocycles. The van der Waals surface area contributed by atoms with E-state index in [2.05, 4.69) is 12.2 Å². The molecule has 1 saturated heterocycles. The van der Waals surface area contributed by atoms with Gasteiger partial charge in [-0.25, -0.2) is 4.79 Å². The number of imide groups is 1. The van der Waals surface area contributed by atoms with Gasteiger partial charge >= 0.3 is 6.03 Å². The Labute approximate surface area is 153 Å². The van der Waals surface area contributed by atoms with Crippen LogP contribution in [0.5, 0.6) is 0 Å². The highest BCUT2D eigenvalue weighted by Gasteiger charge is 2.22. The lowest BCUT2D eigenvalue weighted by Gasteiger charge is -2.30. The molecule has 144 valence electrons. The Morgan fingerprint density at radius 2 is 1.64 bits per heavy atom. The van der Waals surface area contributed by atoms with Gasteiger partial charge in [0.25, 0.3) is 11.8 Å². The maximum atomic E-state index is 12.0. The smallest absolute Gasteiger partial charge is 0.317 e. The summed E-state index contributed by atoms with van der Waals surface area (Å²) >= 11 is 0. The molecule has 0 aromatic carbocycles. The summed E-state index contributed by atoms with van der Waals surface area (Å²) in [5.41, 5.74) is 0. The third-order valence-corrected chi connectivity index (χ3v) is 4.56. The Morgan fingerprint density at radius 3 is 2.24 bits per heavy atom. The highest BCUT2D eigenvalue weighted by atomic mass is 16.2. The van der Waals surface area contributed by atoms with Crippen LogP contribution in [0.25, 0.3) is 0 Å². The Morgan fingerprint density at radius 1 is 1.08 bits per heavy atom. The molecule has 0 radical (unpaired) electrons. The first kappa shape index (κ1) is 21.2. The van der Waals surface area contributed by atoms with Crippen molar-refractivity contribution in [3.8, 4) is 0 Å². The molecule has 1 fully saturated rings. The lowest BCUT2D eigenvalue weighted by molar-refractivity contribution is -0.136. The third kappa shape index (κ3) is 7.28. The standard InChI is InChI=1S/C17H27N3O3.C2H6.H2/c1-14-8-12-19(13-9-14)17(23)18-10-4-2-3-5-11-20-15(21)6-7-16(20)22;1-2;/h6-7,14H,2-5,8-13H2,1H3,(H,18,23);1-2H3;1H. The van der Waals surface area contributed by atoms with Crippen LogP contribution in [0.3, 0.4) is 0 Å². The van der Waals surface area contributed by atoms with E-state index >= 15 is 0 Å². The summed E-state index contributed by atoms with van der Waals surface area (Å²) in [5.74, 6) is 0.305. The van der Waals surface area contributed by atoms with Gasteiger partial charge < -0.3 is 10.2 Å². The minimum Gasteiger partial charge on any atom is -0.338 e. The molecular weight excluding hydrogens is 318 g/mol.